The topological polar surface area (TPSA) is 92.6 Å². The molecule has 1 fully saturated rings. The van der Waals surface area contributed by atoms with Crippen LogP contribution in [0.4, 0.5) is 5.95 Å². The van der Waals surface area contributed by atoms with E-state index in [0.29, 0.717) is 16.9 Å². The van der Waals surface area contributed by atoms with Gasteiger partial charge in [0.05, 0.1) is 18.7 Å². The lowest BCUT2D eigenvalue weighted by Gasteiger charge is -2.23. The van der Waals surface area contributed by atoms with Gasteiger partial charge in [0.1, 0.15) is 11.5 Å². The van der Waals surface area contributed by atoms with Gasteiger partial charge in [-0.3, -0.25) is 14.5 Å². The quantitative estimate of drug-likeness (QED) is 0.420. The Morgan fingerprint density at radius 1 is 0.966 bits per heavy atom. The molecule has 1 saturated heterocycles. The summed E-state index contributed by atoms with van der Waals surface area (Å²) in [5, 5.41) is 11.0. The molecule has 0 spiro atoms. The van der Waals surface area contributed by atoms with Crippen molar-refractivity contribution in [1.29, 1.82) is 0 Å². The molecule has 2 heterocycles. The molecule has 1 aliphatic rings. The molecule has 144 valence electrons. The van der Waals surface area contributed by atoms with Gasteiger partial charge in [0.15, 0.2) is 0 Å². The van der Waals surface area contributed by atoms with Crippen molar-refractivity contribution in [3.05, 3.63) is 89.8 Å². The number of rotatable bonds is 4. The second kappa shape index (κ2) is 7.55. The Hall–Kier alpha value is -4.00. The Kier molecular flexibility index (Phi) is 4.78. The van der Waals surface area contributed by atoms with E-state index in [1.54, 1.807) is 54.6 Å². The maximum Gasteiger partial charge on any atom is 0.302 e. The molecule has 2 aromatic carbocycles. The van der Waals surface area contributed by atoms with Crippen LogP contribution in [0.1, 0.15) is 17.2 Å². The summed E-state index contributed by atoms with van der Waals surface area (Å²) in [4.78, 5) is 35.3. The molecule has 1 N–H and O–H groups in total. The third kappa shape index (κ3) is 3.23. The second-order valence-corrected chi connectivity index (χ2v) is 6.36. The van der Waals surface area contributed by atoms with Gasteiger partial charge >= 0.3 is 5.91 Å². The van der Waals surface area contributed by atoms with Crippen LogP contribution in [0, 0.1) is 0 Å². The Bertz CT molecular complexity index is 1080. The van der Waals surface area contributed by atoms with Crippen LogP contribution in [0.15, 0.2) is 78.6 Å². The molecule has 0 bridgehead atoms. The lowest BCUT2D eigenvalue weighted by molar-refractivity contribution is -0.132. The number of aliphatic hydroxyl groups is 1. The molecular formula is C22H17N3O4. The molecule has 1 unspecified atom stereocenters. The highest BCUT2D eigenvalue weighted by Gasteiger charge is 2.48. The first kappa shape index (κ1) is 18.4. The molecule has 3 aromatic rings. The summed E-state index contributed by atoms with van der Waals surface area (Å²) in [7, 11) is 1.54. The van der Waals surface area contributed by atoms with Crippen molar-refractivity contribution in [3.63, 3.8) is 0 Å². The van der Waals surface area contributed by atoms with E-state index in [9.17, 15) is 14.7 Å². The van der Waals surface area contributed by atoms with E-state index < -0.39 is 17.7 Å². The first-order valence-electron chi connectivity index (χ1n) is 8.89. The van der Waals surface area contributed by atoms with Crippen LogP contribution in [0.2, 0.25) is 0 Å². The number of aromatic nitrogens is 2. The summed E-state index contributed by atoms with van der Waals surface area (Å²) < 4.78 is 5.13. The summed E-state index contributed by atoms with van der Waals surface area (Å²) in [5.74, 6) is -1.14. The number of methoxy groups -OCH3 is 1. The first-order valence-corrected chi connectivity index (χ1v) is 8.89. The number of hydrogen-bond donors (Lipinski definition) is 1. The van der Waals surface area contributed by atoms with E-state index >= 15 is 0 Å². The largest absolute Gasteiger partial charge is 0.507 e. The van der Waals surface area contributed by atoms with E-state index in [1.807, 2.05) is 6.07 Å². The lowest BCUT2D eigenvalue weighted by Crippen LogP contribution is -2.31. The monoisotopic (exact) mass is 387 g/mol. The van der Waals surface area contributed by atoms with Gasteiger partial charge in [0.2, 0.25) is 5.95 Å². The van der Waals surface area contributed by atoms with Crippen LogP contribution >= 0.6 is 0 Å². The molecule has 7 heteroatoms. The maximum absolute atomic E-state index is 12.9. The Morgan fingerprint density at radius 3 is 2.24 bits per heavy atom. The summed E-state index contributed by atoms with van der Waals surface area (Å²) in [5.41, 5.74) is 1.05. The average molecular weight is 387 g/mol. The van der Waals surface area contributed by atoms with E-state index in [1.165, 1.54) is 24.4 Å². The van der Waals surface area contributed by atoms with Gasteiger partial charge in [-0.1, -0.05) is 30.3 Å². The van der Waals surface area contributed by atoms with E-state index in [0.717, 1.165) is 0 Å². The lowest BCUT2D eigenvalue weighted by atomic mass is 9.95. The minimum atomic E-state index is -0.847. The number of amides is 1. The highest BCUT2D eigenvalue weighted by atomic mass is 16.5. The van der Waals surface area contributed by atoms with E-state index in [2.05, 4.69) is 9.97 Å². The normalized spacial score (nSPS) is 18.1. The van der Waals surface area contributed by atoms with Crippen LogP contribution in [0.3, 0.4) is 0 Å². The van der Waals surface area contributed by atoms with Crippen molar-refractivity contribution in [3.8, 4) is 5.75 Å². The fraction of sp³-hybridized carbons (Fsp3) is 0.0909. The number of benzene rings is 2. The standard InChI is InChI=1S/C22H17N3O4/c1-29-16-10-8-15(9-11-16)19(26)17-18(14-6-3-2-4-7-14)25(21(28)20(17)27)22-23-12-5-13-24-22/h2-13,18,26H,1H3/b19-17+. The summed E-state index contributed by atoms with van der Waals surface area (Å²) in [6.07, 6.45) is 2.99. The predicted molar refractivity (Wildman–Crippen MR) is 106 cm³/mol. The molecule has 1 aliphatic heterocycles. The summed E-state index contributed by atoms with van der Waals surface area (Å²) >= 11 is 0. The highest BCUT2D eigenvalue weighted by molar-refractivity contribution is 6.51. The third-order valence-electron chi connectivity index (χ3n) is 4.69. The average Bonchev–Trinajstić information content (AvgIpc) is 3.05. The SMILES string of the molecule is COc1ccc(/C(O)=C2\C(=O)C(=O)N(c3ncccn3)C2c2ccccc2)cc1. The van der Waals surface area contributed by atoms with Crippen LogP contribution in [-0.2, 0) is 9.59 Å². The van der Waals surface area contributed by atoms with E-state index in [-0.39, 0.29) is 17.3 Å². The van der Waals surface area contributed by atoms with Gasteiger partial charge in [-0.05, 0) is 35.9 Å². The summed E-state index contributed by atoms with van der Waals surface area (Å²) in [6.45, 7) is 0. The number of carbonyl (C=O) groups excluding carboxylic acids is 2. The van der Waals surface area contributed by atoms with Gasteiger partial charge in [-0.2, -0.15) is 0 Å². The number of ketones is 1. The van der Waals surface area contributed by atoms with Gasteiger partial charge in [0, 0.05) is 18.0 Å². The fourth-order valence-electron chi connectivity index (χ4n) is 3.31. The minimum absolute atomic E-state index is 0.0150. The Labute approximate surface area is 166 Å². The minimum Gasteiger partial charge on any atom is -0.507 e. The molecule has 0 aliphatic carbocycles. The van der Waals surface area contributed by atoms with Gasteiger partial charge < -0.3 is 9.84 Å². The van der Waals surface area contributed by atoms with Crippen molar-refractivity contribution in [2.24, 2.45) is 0 Å². The number of ether oxygens (including phenoxy) is 1. The van der Waals surface area contributed by atoms with Crippen LogP contribution in [-0.4, -0.2) is 33.9 Å². The molecule has 7 nitrogen and oxygen atoms in total. The van der Waals surface area contributed by atoms with Crippen LogP contribution in [0.25, 0.3) is 5.76 Å². The van der Waals surface area contributed by atoms with Crippen molar-refractivity contribution < 1.29 is 19.4 Å². The Balaban J connectivity index is 1.91. The zero-order valence-electron chi connectivity index (χ0n) is 15.5. The molecule has 1 aromatic heterocycles. The Morgan fingerprint density at radius 2 is 1.62 bits per heavy atom. The predicted octanol–water partition coefficient (Wildman–Crippen LogP) is 3.11. The number of Topliss-reactive ketones (excluding diaryl/α,β-unsaturated/α-hetero) is 1. The molecule has 4 rings (SSSR count). The molecule has 0 saturated carbocycles. The third-order valence-corrected chi connectivity index (χ3v) is 4.69. The highest BCUT2D eigenvalue weighted by Crippen LogP contribution is 2.40. The molecule has 1 amide bonds. The smallest absolute Gasteiger partial charge is 0.302 e. The van der Waals surface area contributed by atoms with Gasteiger partial charge in [-0.15, -0.1) is 0 Å². The van der Waals surface area contributed by atoms with Crippen LogP contribution in [0.5, 0.6) is 5.75 Å². The number of aliphatic hydroxyl groups excluding tert-OH is 1. The fourth-order valence-corrected chi connectivity index (χ4v) is 3.31. The van der Waals surface area contributed by atoms with Crippen molar-refractivity contribution in [2.75, 3.05) is 12.0 Å². The molecule has 29 heavy (non-hydrogen) atoms. The van der Waals surface area contributed by atoms with Crippen LogP contribution < -0.4 is 9.64 Å². The van der Waals surface area contributed by atoms with E-state index in [4.69, 9.17) is 4.74 Å². The van der Waals surface area contributed by atoms with Crippen molar-refractivity contribution in [2.45, 2.75) is 6.04 Å². The second-order valence-electron chi connectivity index (χ2n) is 6.36. The maximum atomic E-state index is 12.9. The van der Waals surface area contributed by atoms with Crippen molar-refractivity contribution >= 4 is 23.4 Å². The number of anilines is 1. The number of carbonyl (C=O) groups is 2. The number of nitrogens with zero attached hydrogens (tertiary/aromatic N) is 3. The first-order chi connectivity index (χ1) is 14.1. The van der Waals surface area contributed by atoms with Gasteiger partial charge in [-0.25, -0.2) is 9.97 Å². The zero-order valence-corrected chi connectivity index (χ0v) is 15.5. The number of hydrogen-bond acceptors (Lipinski definition) is 6. The molecule has 0 radical (unpaired) electrons. The molecular weight excluding hydrogens is 370 g/mol. The van der Waals surface area contributed by atoms with Crippen molar-refractivity contribution in [1.82, 2.24) is 9.97 Å². The summed E-state index contributed by atoms with van der Waals surface area (Å²) in [6, 6.07) is 16.4. The molecule has 1 atom stereocenters. The zero-order chi connectivity index (χ0) is 20.4. The van der Waals surface area contributed by atoms with Gasteiger partial charge in [0.25, 0.3) is 5.78 Å².